The molecule has 0 bridgehead atoms. The van der Waals surface area contributed by atoms with Crippen LogP contribution in [0.3, 0.4) is 0 Å². The van der Waals surface area contributed by atoms with Gasteiger partial charge in [-0.05, 0) is 26.1 Å². The van der Waals surface area contributed by atoms with Crippen molar-refractivity contribution >= 4 is 29.1 Å². The van der Waals surface area contributed by atoms with Crippen LogP contribution >= 0.6 is 23.2 Å². The fourth-order valence-electron chi connectivity index (χ4n) is 1.58. The number of amides is 1. The zero-order valence-corrected chi connectivity index (χ0v) is 12.8. The first-order valence-electron chi connectivity index (χ1n) is 6.00. The van der Waals surface area contributed by atoms with Gasteiger partial charge in [0.15, 0.2) is 6.10 Å². The molecule has 1 amide bonds. The molecule has 0 saturated carbocycles. The van der Waals surface area contributed by atoms with Gasteiger partial charge in [-0.1, -0.05) is 29.1 Å². The van der Waals surface area contributed by atoms with Crippen molar-refractivity contribution in [2.45, 2.75) is 19.6 Å². The minimum Gasteiger partial charge on any atom is -0.479 e. The van der Waals surface area contributed by atoms with Crippen LogP contribution in [0.1, 0.15) is 12.5 Å². The highest BCUT2D eigenvalue weighted by atomic mass is 35.5. The van der Waals surface area contributed by atoms with Gasteiger partial charge in [-0.3, -0.25) is 4.79 Å². The van der Waals surface area contributed by atoms with Crippen LogP contribution < -0.4 is 15.4 Å². The zero-order chi connectivity index (χ0) is 15.1. The van der Waals surface area contributed by atoms with E-state index in [0.29, 0.717) is 22.3 Å². The molecule has 20 heavy (non-hydrogen) atoms. The first kappa shape index (κ1) is 16.6. The Morgan fingerprint density at radius 2 is 2.20 bits per heavy atom. The standard InChI is InChI=1S/C14H16Cl2N2O2/c1-4-5-18-14(19)9(2)20-13-10(8-17-3)6-11(15)7-12(13)16/h1,6-7,9,17H,5,8H2,2-3H3,(H,18,19). The summed E-state index contributed by atoms with van der Waals surface area (Å²) in [7, 11) is 1.79. The van der Waals surface area contributed by atoms with E-state index in [2.05, 4.69) is 16.6 Å². The van der Waals surface area contributed by atoms with Crippen molar-refractivity contribution < 1.29 is 9.53 Å². The first-order chi connectivity index (χ1) is 9.49. The largest absolute Gasteiger partial charge is 0.479 e. The van der Waals surface area contributed by atoms with Gasteiger partial charge in [0.05, 0.1) is 11.6 Å². The van der Waals surface area contributed by atoms with Crippen molar-refractivity contribution in [3.05, 3.63) is 27.7 Å². The molecule has 1 atom stereocenters. The fourth-order valence-corrected chi connectivity index (χ4v) is 2.16. The summed E-state index contributed by atoms with van der Waals surface area (Å²) in [5.74, 6) is 2.46. The third-order valence-electron chi connectivity index (χ3n) is 2.48. The van der Waals surface area contributed by atoms with Gasteiger partial charge in [0.2, 0.25) is 0 Å². The van der Waals surface area contributed by atoms with E-state index in [9.17, 15) is 4.79 Å². The molecule has 0 fully saturated rings. The van der Waals surface area contributed by atoms with Crippen LogP contribution in [0, 0.1) is 12.3 Å². The number of hydrogen-bond donors (Lipinski definition) is 2. The number of carbonyl (C=O) groups is 1. The number of halogens is 2. The number of rotatable bonds is 6. The normalized spacial score (nSPS) is 11.6. The fraction of sp³-hybridized carbons (Fsp3) is 0.357. The molecule has 0 heterocycles. The van der Waals surface area contributed by atoms with Gasteiger partial charge in [-0.2, -0.15) is 0 Å². The molecule has 0 radical (unpaired) electrons. The Bertz CT molecular complexity index is 527. The number of hydrogen-bond acceptors (Lipinski definition) is 3. The number of terminal acetylenes is 1. The lowest BCUT2D eigenvalue weighted by Crippen LogP contribution is -2.36. The van der Waals surface area contributed by atoms with Crippen molar-refractivity contribution in [1.29, 1.82) is 0 Å². The maximum Gasteiger partial charge on any atom is 0.261 e. The monoisotopic (exact) mass is 314 g/mol. The van der Waals surface area contributed by atoms with Gasteiger partial charge in [0, 0.05) is 17.1 Å². The molecule has 0 aliphatic heterocycles. The predicted molar refractivity (Wildman–Crippen MR) is 81.2 cm³/mol. The molecule has 108 valence electrons. The maximum absolute atomic E-state index is 11.7. The SMILES string of the molecule is C#CCNC(=O)C(C)Oc1c(Cl)cc(Cl)cc1CNC. The van der Waals surface area contributed by atoms with Gasteiger partial charge >= 0.3 is 0 Å². The Kier molecular flexibility index (Phi) is 6.66. The van der Waals surface area contributed by atoms with Crippen LogP contribution in [0.4, 0.5) is 0 Å². The Morgan fingerprint density at radius 1 is 1.50 bits per heavy atom. The van der Waals surface area contributed by atoms with E-state index in [0.717, 1.165) is 5.56 Å². The van der Waals surface area contributed by atoms with Crippen molar-refractivity contribution in [3.8, 4) is 18.1 Å². The lowest BCUT2D eigenvalue weighted by atomic mass is 10.2. The minimum atomic E-state index is -0.711. The number of nitrogens with one attached hydrogen (secondary N) is 2. The van der Waals surface area contributed by atoms with Crippen LogP contribution in [0.15, 0.2) is 12.1 Å². The molecule has 1 aromatic rings. The van der Waals surface area contributed by atoms with Crippen LogP contribution in [0.25, 0.3) is 0 Å². The van der Waals surface area contributed by atoms with Crippen molar-refractivity contribution in [2.75, 3.05) is 13.6 Å². The third-order valence-corrected chi connectivity index (χ3v) is 2.98. The molecule has 1 unspecified atom stereocenters. The summed E-state index contributed by atoms with van der Waals surface area (Å²) in [5.41, 5.74) is 0.779. The Labute approximate surface area is 128 Å². The summed E-state index contributed by atoms with van der Waals surface area (Å²) in [6, 6.07) is 3.31. The van der Waals surface area contributed by atoms with Crippen molar-refractivity contribution in [1.82, 2.24) is 10.6 Å². The van der Waals surface area contributed by atoms with Gasteiger partial charge in [-0.25, -0.2) is 0 Å². The van der Waals surface area contributed by atoms with Crippen LogP contribution in [0.2, 0.25) is 10.0 Å². The molecule has 0 saturated heterocycles. The van der Waals surface area contributed by atoms with Gasteiger partial charge in [0.25, 0.3) is 5.91 Å². The van der Waals surface area contributed by atoms with E-state index < -0.39 is 6.10 Å². The summed E-state index contributed by atoms with van der Waals surface area (Å²) in [5, 5.41) is 6.41. The molecule has 1 aromatic carbocycles. The smallest absolute Gasteiger partial charge is 0.261 e. The number of ether oxygens (including phenoxy) is 1. The van der Waals surface area contributed by atoms with E-state index in [4.69, 9.17) is 34.4 Å². The minimum absolute atomic E-state index is 0.157. The van der Waals surface area contributed by atoms with E-state index in [1.54, 1.807) is 26.1 Å². The molecule has 2 N–H and O–H groups in total. The first-order valence-corrected chi connectivity index (χ1v) is 6.75. The van der Waals surface area contributed by atoms with E-state index in [-0.39, 0.29) is 12.5 Å². The van der Waals surface area contributed by atoms with E-state index in [1.807, 2.05) is 0 Å². The zero-order valence-electron chi connectivity index (χ0n) is 11.3. The Balaban J connectivity index is 2.91. The maximum atomic E-state index is 11.7. The molecule has 0 spiro atoms. The average Bonchev–Trinajstić information content (AvgIpc) is 2.39. The second-order valence-corrected chi connectivity index (χ2v) is 4.93. The highest BCUT2D eigenvalue weighted by molar-refractivity contribution is 6.35. The van der Waals surface area contributed by atoms with Gasteiger partial charge in [0.1, 0.15) is 5.75 Å². The van der Waals surface area contributed by atoms with Crippen molar-refractivity contribution in [2.24, 2.45) is 0 Å². The molecule has 0 aliphatic carbocycles. The van der Waals surface area contributed by atoms with Crippen LogP contribution in [0.5, 0.6) is 5.75 Å². The van der Waals surface area contributed by atoms with E-state index in [1.165, 1.54) is 0 Å². The highest BCUT2D eigenvalue weighted by Crippen LogP contribution is 2.33. The van der Waals surface area contributed by atoms with Crippen molar-refractivity contribution in [3.63, 3.8) is 0 Å². The topological polar surface area (TPSA) is 50.4 Å². The van der Waals surface area contributed by atoms with Gasteiger partial charge in [-0.15, -0.1) is 6.42 Å². The lowest BCUT2D eigenvalue weighted by Gasteiger charge is -2.18. The second-order valence-electron chi connectivity index (χ2n) is 4.09. The second kappa shape index (κ2) is 8.01. The summed E-state index contributed by atoms with van der Waals surface area (Å²) < 4.78 is 5.63. The number of carbonyl (C=O) groups excluding carboxylic acids is 1. The summed E-state index contributed by atoms with van der Waals surface area (Å²) in [6.45, 7) is 2.30. The van der Waals surface area contributed by atoms with Crippen LogP contribution in [-0.2, 0) is 11.3 Å². The van der Waals surface area contributed by atoms with Crippen LogP contribution in [-0.4, -0.2) is 25.6 Å². The molecule has 6 heteroatoms. The quantitative estimate of drug-likeness (QED) is 0.792. The average molecular weight is 315 g/mol. The predicted octanol–water partition coefficient (Wildman–Crippen LogP) is 2.23. The Hall–Kier alpha value is -1.41. The highest BCUT2D eigenvalue weighted by Gasteiger charge is 2.18. The van der Waals surface area contributed by atoms with Gasteiger partial charge < -0.3 is 15.4 Å². The summed E-state index contributed by atoms with van der Waals surface area (Å²) >= 11 is 12.1. The third kappa shape index (κ3) is 4.61. The molecular weight excluding hydrogens is 299 g/mol. The molecule has 0 aliphatic rings. The summed E-state index contributed by atoms with van der Waals surface area (Å²) in [4.78, 5) is 11.7. The van der Waals surface area contributed by atoms with E-state index >= 15 is 0 Å². The number of benzene rings is 1. The molecule has 4 nitrogen and oxygen atoms in total. The summed E-state index contributed by atoms with van der Waals surface area (Å²) in [6.07, 6.45) is 4.37. The lowest BCUT2D eigenvalue weighted by molar-refractivity contribution is -0.127. The Morgan fingerprint density at radius 3 is 2.80 bits per heavy atom. The molecular formula is C14H16Cl2N2O2. The molecule has 0 aromatic heterocycles. The molecule has 1 rings (SSSR count).